The van der Waals surface area contributed by atoms with Gasteiger partial charge in [0.15, 0.2) is 0 Å². The van der Waals surface area contributed by atoms with E-state index in [-0.39, 0.29) is 0 Å². The van der Waals surface area contributed by atoms with Crippen molar-refractivity contribution in [2.75, 3.05) is 24.6 Å². The molecule has 0 aliphatic carbocycles. The number of rotatable bonds is 7. The van der Waals surface area contributed by atoms with Crippen LogP contribution < -0.4 is 11.4 Å². The van der Waals surface area contributed by atoms with Gasteiger partial charge in [-0.25, -0.2) is 0 Å². The molecular weight excluding hydrogens is 140 g/mol. The van der Waals surface area contributed by atoms with E-state index >= 15 is 0 Å². The maximum absolute atomic E-state index is 6.74. The summed E-state index contributed by atoms with van der Waals surface area (Å²) in [5.74, 6) is 1.46. The lowest BCUT2D eigenvalue weighted by molar-refractivity contribution is 1.15. The zero-order chi connectivity index (χ0) is 9.40. The molecule has 0 saturated carbocycles. The van der Waals surface area contributed by atoms with Crippen LogP contribution in [-0.4, -0.2) is 24.6 Å². The van der Waals surface area contributed by atoms with Crippen molar-refractivity contribution in [3.63, 3.8) is 0 Å². The number of hydrogen-bond acceptors (Lipinski definition) is 4. The number of hydrogen-bond donors (Lipinski definition) is 2. The van der Waals surface area contributed by atoms with Gasteiger partial charge in [-0.2, -0.15) is 0 Å². The minimum Gasteiger partial charge on any atom is -0.330 e. The molecule has 0 aliphatic heterocycles. The molecule has 0 atom stereocenters. The largest absolute Gasteiger partial charge is 0.330 e. The average Bonchev–Trinajstić information content (AvgIpc) is 1.95. The molecule has 0 radical (unpaired) electrons. The molecule has 8 heavy (non-hydrogen) atoms. The summed E-state index contributed by atoms with van der Waals surface area (Å²) >= 11 is 0. The Morgan fingerprint density at radius 1 is 1.12 bits per heavy atom. The maximum atomic E-state index is 6.74. The summed E-state index contributed by atoms with van der Waals surface area (Å²) in [5, 5.41) is 0. The van der Waals surface area contributed by atoms with Crippen molar-refractivity contribution in [2.24, 2.45) is 11.4 Å². The third kappa shape index (κ3) is 6.62. The molecule has 0 fully saturated rings. The van der Waals surface area contributed by atoms with Crippen molar-refractivity contribution in [2.45, 2.75) is 0 Å². The van der Waals surface area contributed by atoms with E-state index in [1.165, 1.54) is 0 Å². The lowest BCUT2D eigenvalue weighted by Gasteiger charge is -1.93. The Balaban J connectivity index is 2.91. The predicted molar refractivity (Wildman–Crippen MR) is 43.0 cm³/mol. The van der Waals surface area contributed by atoms with Crippen LogP contribution in [0.3, 0.4) is 0 Å². The molecule has 0 aromatic carbocycles. The van der Waals surface area contributed by atoms with Gasteiger partial charge in [-0.3, -0.25) is 0 Å². The first-order valence-electron chi connectivity index (χ1n) is 4.17. The summed E-state index contributed by atoms with van der Waals surface area (Å²) in [6.07, 6.45) is 0. The van der Waals surface area contributed by atoms with E-state index in [1.54, 1.807) is 21.6 Å². The molecular formula is C4H12N2S2. The zero-order valence-corrected chi connectivity index (χ0v) is 6.17. The smallest absolute Gasteiger partial charge is 0.118 e. The third-order valence-corrected chi connectivity index (χ3v) is 2.80. The van der Waals surface area contributed by atoms with Gasteiger partial charge in [-0.1, -0.05) is 21.6 Å². The van der Waals surface area contributed by atoms with Crippen molar-refractivity contribution in [3.05, 3.63) is 0 Å². The molecule has 0 unspecified atom stereocenters. The first kappa shape index (κ1) is 3.71. The van der Waals surface area contributed by atoms with E-state index < -0.39 is 0 Å². The van der Waals surface area contributed by atoms with Crippen LogP contribution in [-0.2, 0) is 0 Å². The second-order valence-corrected chi connectivity index (χ2v) is 3.79. The standard InChI is InChI=1S/C4H12N2S2/c5-1-3-7-8-4-2-6/h1-6H2/i/hD4. The van der Waals surface area contributed by atoms with E-state index in [0.717, 1.165) is 11.5 Å². The van der Waals surface area contributed by atoms with E-state index in [1.807, 2.05) is 0 Å². The van der Waals surface area contributed by atoms with Crippen molar-refractivity contribution in [1.29, 1.82) is 0 Å². The quantitative estimate of drug-likeness (QED) is 0.411. The molecule has 0 bridgehead atoms. The van der Waals surface area contributed by atoms with Crippen LogP contribution in [0.1, 0.15) is 0 Å². The highest BCUT2D eigenvalue weighted by Gasteiger charge is 1.84. The van der Waals surface area contributed by atoms with Crippen LogP contribution in [0.25, 0.3) is 0 Å². The number of nitrogens with two attached hydrogens (primary N) is 2. The normalized spacial score (nSPS) is 17.8. The van der Waals surface area contributed by atoms with Gasteiger partial charge in [0.05, 0.1) is 0 Å². The van der Waals surface area contributed by atoms with Crippen LogP contribution in [0.4, 0.5) is 0 Å². The van der Waals surface area contributed by atoms with Crippen molar-refractivity contribution in [1.82, 2.24) is 0 Å². The highest BCUT2D eigenvalue weighted by molar-refractivity contribution is 8.76. The van der Waals surface area contributed by atoms with Gasteiger partial charge >= 0.3 is 0 Å². The second-order valence-electron chi connectivity index (χ2n) is 1.09. The molecule has 0 heterocycles. The molecule has 0 rings (SSSR count). The van der Waals surface area contributed by atoms with Gasteiger partial charge in [0, 0.05) is 24.6 Å². The predicted octanol–water partition coefficient (Wildman–Crippen LogP) is 0.285. The van der Waals surface area contributed by atoms with Crippen LogP contribution in [0.5, 0.6) is 0 Å². The summed E-state index contributed by atoms with van der Waals surface area (Å²) in [6, 6.07) is 0. The van der Waals surface area contributed by atoms with E-state index in [4.69, 9.17) is 5.65 Å². The maximum Gasteiger partial charge on any atom is 0.118 e. The summed E-state index contributed by atoms with van der Waals surface area (Å²) in [5.41, 5.74) is 1.30. The van der Waals surface area contributed by atoms with E-state index in [9.17, 15) is 0 Å². The lowest BCUT2D eigenvalue weighted by Crippen LogP contribution is -2.02. The van der Waals surface area contributed by atoms with E-state index in [2.05, 4.69) is 0 Å². The fourth-order valence-electron chi connectivity index (χ4n) is 0.192. The monoisotopic (exact) mass is 156 g/mol. The van der Waals surface area contributed by atoms with Crippen LogP contribution in [0, 0.1) is 0 Å². The Morgan fingerprint density at radius 3 is 2.00 bits per heavy atom. The highest BCUT2D eigenvalue weighted by atomic mass is 33.1. The van der Waals surface area contributed by atoms with Crippen LogP contribution in [0.15, 0.2) is 0 Å². The minimum absolute atomic E-state index is 0.420. The summed E-state index contributed by atoms with van der Waals surface area (Å²) < 4.78 is 26.9. The fraction of sp³-hybridized carbons (Fsp3) is 1.00. The van der Waals surface area contributed by atoms with Gasteiger partial charge in [0.25, 0.3) is 0 Å². The lowest BCUT2D eigenvalue weighted by atomic mass is 10.8. The molecule has 4 N–H and O–H groups in total. The Morgan fingerprint density at radius 2 is 1.62 bits per heavy atom. The molecule has 0 spiro atoms. The van der Waals surface area contributed by atoms with Crippen molar-refractivity contribution in [3.8, 4) is 0 Å². The van der Waals surface area contributed by atoms with Gasteiger partial charge in [-0.15, -0.1) is 0 Å². The van der Waals surface area contributed by atoms with Crippen molar-refractivity contribution < 1.29 is 5.65 Å². The molecule has 0 aliphatic rings. The molecule has 2 nitrogen and oxygen atoms in total. The molecule has 0 aromatic heterocycles. The van der Waals surface area contributed by atoms with Gasteiger partial charge in [-0.05, 0) is 0 Å². The summed E-state index contributed by atoms with van der Waals surface area (Å²) in [7, 11) is 3.13. The molecule has 50 valence electrons. The zero-order valence-electron chi connectivity index (χ0n) is 8.54. The molecule has 0 saturated heterocycles. The first-order valence-corrected chi connectivity index (χ1v) is 4.86. The summed E-state index contributed by atoms with van der Waals surface area (Å²) in [4.78, 5) is 0. The van der Waals surface area contributed by atoms with Crippen molar-refractivity contribution >= 4 is 21.6 Å². The molecule has 0 amide bonds. The van der Waals surface area contributed by atoms with Crippen LogP contribution in [0.2, 0.25) is 5.65 Å². The van der Waals surface area contributed by atoms with Gasteiger partial charge < -0.3 is 11.4 Å². The third-order valence-electron chi connectivity index (χ3n) is 0.433. The Hall–Kier alpha value is 0.620. The fourth-order valence-corrected chi connectivity index (χ4v) is 1.73. The average molecular weight is 156 g/mol. The molecule has 4 heteroatoms. The Labute approximate surface area is 64.0 Å². The SMILES string of the molecule is [2H]N([2H])CCSSCCN([2H])[2H]. The topological polar surface area (TPSA) is 52.0 Å². The summed E-state index contributed by atoms with van der Waals surface area (Å²) in [6.45, 7) is 0.840. The van der Waals surface area contributed by atoms with Gasteiger partial charge in [0.1, 0.15) is 5.65 Å². The van der Waals surface area contributed by atoms with Crippen LogP contribution >= 0.6 is 21.6 Å². The molecule has 0 aromatic rings. The Kier molecular flexibility index (Phi) is 3.53. The second kappa shape index (κ2) is 7.62. The Bertz CT molecular complexity index is 93.1. The highest BCUT2D eigenvalue weighted by Crippen LogP contribution is 2.18. The van der Waals surface area contributed by atoms with E-state index in [0.29, 0.717) is 24.5 Å². The minimum atomic E-state index is 0.420. The first-order chi connectivity index (χ1) is 5.63. The van der Waals surface area contributed by atoms with Gasteiger partial charge in [0.2, 0.25) is 0 Å².